The van der Waals surface area contributed by atoms with Crippen LogP contribution in [0.25, 0.3) is 0 Å². The van der Waals surface area contributed by atoms with Gasteiger partial charge < -0.3 is 0 Å². The van der Waals surface area contributed by atoms with Crippen molar-refractivity contribution in [3.63, 3.8) is 0 Å². The molecule has 0 bridgehead atoms. The SMILES string of the molecule is C[Si](c1ccccc1)(c1ccccc1)c1cc(Cl)c([Si](C)(c2ccccc2)c2ccccc2)c(Cl)c1Cl. The summed E-state index contributed by atoms with van der Waals surface area (Å²) in [4.78, 5) is 0. The van der Waals surface area contributed by atoms with Crippen LogP contribution in [-0.2, 0) is 0 Å². The third kappa shape index (κ3) is 4.52. The van der Waals surface area contributed by atoms with Crippen LogP contribution >= 0.6 is 34.8 Å². The highest BCUT2D eigenvalue weighted by Crippen LogP contribution is 2.28. The molecule has 184 valence electrons. The normalized spacial score (nSPS) is 11.9. The zero-order valence-electron chi connectivity index (χ0n) is 20.8. The molecule has 0 atom stereocenters. The van der Waals surface area contributed by atoms with Crippen molar-refractivity contribution in [3.8, 4) is 0 Å². The van der Waals surface area contributed by atoms with E-state index in [9.17, 15) is 0 Å². The molecule has 0 spiro atoms. The Bertz CT molecular complexity index is 1430. The van der Waals surface area contributed by atoms with Gasteiger partial charge in [0.15, 0.2) is 0 Å². The predicted octanol–water partition coefficient (Wildman–Crippen LogP) is 5.85. The highest BCUT2D eigenvalue weighted by atomic mass is 35.5. The van der Waals surface area contributed by atoms with Crippen molar-refractivity contribution in [2.24, 2.45) is 0 Å². The van der Waals surface area contributed by atoms with Crippen LogP contribution in [0.3, 0.4) is 0 Å². The molecule has 0 amide bonds. The molecule has 0 aromatic heterocycles. The second-order valence-electron chi connectivity index (χ2n) is 9.62. The van der Waals surface area contributed by atoms with E-state index in [1.165, 1.54) is 20.7 Å². The van der Waals surface area contributed by atoms with Crippen LogP contribution in [0.2, 0.25) is 28.2 Å². The molecule has 5 rings (SSSR count). The van der Waals surface area contributed by atoms with Crippen LogP contribution < -0.4 is 31.1 Å². The summed E-state index contributed by atoms with van der Waals surface area (Å²) in [5.74, 6) is 0. The second kappa shape index (κ2) is 10.6. The van der Waals surface area contributed by atoms with Crippen molar-refractivity contribution in [2.75, 3.05) is 0 Å². The fraction of sp³-hybridized carbons (Fsp3) is 0.0625. The summed E-state index contributed by atoms with van der Waals surface area (Å²) in [7, 11) is -5.08. The molecule has 0 aliphatic rings. The van der Waals surface area contributed by atoms with Crippen LogP contribution in [0, 0.1) is 0 Å². The van der Waals surface area contributed by atoms with Crippen molar-refractivity contribution < 1.29 is 0 Å². The lowest BCUT2D eigenvalue weighted by atomic mass is 10.3. The molecule has 5 aromatic carbocycles. The summed E-state index contributed by atoms with van der Waals surface area (Å²) in [5.41, 5.74) is 0. The zero-order valence-corrected chi connectivity index (χ0v) is 25.0. The maximum absolute atomic E-state index is 7.31. The Balaban J connectivity index is 1.81. The highest BCUT2D eigenvalue weighted by Gasteiger charge is 2.42. The summed E-state index contributed by atoms with van der Waals surface area (Å²) in [6, 6.07) is 44.4. The lowest BCUT2D eigenvalue weighted by Gasteiger charge is -2.35. The first-order chi connectivity index (χ1) is 17.9. The van der Waals surface area contributed by atoms with Crippen molar-refractivity contribution in [1.29, 1.82) is 0 Å². The molecule has 0 unspecified atom stereocenters. The van der Waals surface area contributed by atoms with Gasteiger partial charge in [-0.15, -0.1) is 0 Å². The van der Waals surface area contributed by atoms with Gasteiger partial charge in [-0.25, -0.2) is 0 Å². The third-order valence-corrected chi connectivity index (χ3v) is 18.2. The quantitative estimate of drug-likeness (QED) is 0.136. The summed E-state index contributed by atoms with van der Waals surface area (Å²) >= 11 is 21.9. The summed E-state index contributed by atoms with van der Waals surface area (Å²) in [5, 5.41) is 8.83. The Morgan fingerprint density at radius 3 is 1.11 bits per heavy atom. The van der Waals surface area contributed by atoms with Gasteiger partial charge in [0.1, 0.15) is 16.1 Å². The molecular formula is C32H27Cl3Si2. The molecule has 0 aliphatic heterocycles. The topological polar surface area (TPSA) is 0 Å². The lowest BCUT2D eigenvalue weighted by molar-refractivity contribution is 1.65. The van der Waals surface area contributed by atoms with Gasteiger partial charge in [-0.05, 0) is 37.2 Å². The first-order valence-corrected chi connectivity index (χ1v) is 18.4. The maximum Gasteiger partial charge on any atom is 0.149 e. The van der Waals surface area contributed by atoms with Crippen molar-refractivity contribution >= 4 is 82.1 Å². The van der Waals surface area contributed by atoms with E-state index in [4.69, 9.17) is 34.8 Å². The van der Waals surface area contributed by atoms with Gasteiger partial charge in [-0.2, -0.15) is 0 Å². The average Bonchev–Trinajstić information content (AvgIpc) is 2.96. The first-order valence-electron chi connectivity index (χ1n) is 12.3. The average molecular weight is 574 g/mol. The molecule has 5 aromatic rings. The monoisotopic (exact) mass is 572 g/mol. The summed E-state index contributed by atoms with van der Waals surface area (Å²) in [6.07, 6.45) is 0. The van der Waals surface area contributed by atoms with Crippen LogP contribution in [0.5, 0.6) is 0 Å². The van der Waals surface area contributed by atoms with Crippen molar-refractivity contribution in [2.45, 2.75) is 13.1 Å². The van der Waals surface area contributed by atoms with E-state index in [2.05, 4.69) is 116 Å². The van der Waals surface area contributed by atoms with E-state index >= 15 is 0 Å². The number of hydrogen-bond acceptors (Lipinski definition) is 0. The van der Waals surface area contributed by atoms with Gasteiger partial charge in [0, 0.05) is 5.02 Å². The fourth-order valence-electron chi connectivity index (χ4n) is 5.44. The van der Waals surface area contributed by atoms with E-state index in [-0.39, 0.29) is 0 Å². The van der Waals surface area contributed by atoms with Gasteiger partial charge in [0.25, 0.3) is 0 Å². The maximum atomic E-state index is 7.31. The number of benzene rings is 5. The molecular weight excluding hydrogens is 547 g/mol. The van der Waals surface area contributed by atoms with Gasteiger partial charge in [0.2, 0.25) is 0 Å². The zero-order chi connectivity index (χ0) is 26.0. The van der Waals surface area contributed by atoms with E-state index < -0.39 is 16.1 Å². The minimum absolute atomic E-state index is 0.566. The molecule has 0 radical (unpaired) electrons. The van der Waals surface area contributed by atoms with Gasteiger partial charge in [0.05, 0.1) is 10.0 Å². The molecule has 0 fully saturated rings. The Labute approximate surface area is 236 Å². The number of halogens is 3. The van der Waals surface area contributed by atoms with Crippen LogP contribution in [0.1, 0.15) is 0 Å². The van der Waals surface area contributed by atoms with Gasteiger partial charge in [-0.1, -0.05) is 169 Å². The summed E-state index contributed by atoms with van der Waals surface area (Å²) < 4.78 is 0. The first kappa shape index (κ1) is 26.0. The molecule has 0 N–H and O–H groups in total. The molecule has 0 saturated carbocycles. The second-order valence-corrected chi connectivity index (χ2v) is 18.6. The molecule has 0 saturated heterocycles. The lowest BCUT2D eigenvalue weighted by Crippen LogP contribution is -2.67. The highest BCUT2D eigenvalue weighted by molar-refractivity contribution is 7.13. The van der Waals surface area contributed by atoms with Gasteiger partial charge in [-0.3, -0.25) is 0 Å². The molecule has 5 heteroatoms. The molecule has 0 aliphatic carbocycles. The Morgan fingerprint density at radius 2 is 0.757 bits per heavy atom. The third-order valence-electron chi connectivity index (χ3n) is 7.60. The molecule has 0 nitrogen and oxygen atoms in total. The minimum Gasteiger partial charge on any atom is -0.0844 e. The van der Waals surface area contributed by atoms with Crippen molar-refractivity contribution in [3.05, 3.63) is 142 Å². The number of rotatable bonds is 6. The van der Waals surface area contributed by atoms with E-state index in [1.54, 1.807) is 0 Å². The Kier molecular flexibility index (Phi) is 7.49. The van der Waals surface area contributed by atoms with E-state index in [1.807, 2.05) is 24.3 Å². The largest absolute Gasteiger partial charge is 0.149 e. The van der Waals surface area contributed by atoms with Crippen LogP contribution in [0.15, 0.2) is 127 Å². The number of hydrogen-bond donors (Lipinski definition) is 0. The molecule has 37 heavy (non-hydrogen) atoms. The minimum atomic E-state index is -2.57. The van der Waals surface area contributed by atoms with Crippen molar-refractivity contribution in [1.82, 2.24) is 0 Å². The fourth-order valence-corrected chi connectivity index (χ4v) is 15.4. The van der Waals surface area contributed by atoms with E-state index in [0.29, 0.717) is 15.1 Å². The smallest absolute Gasteiger partial charge is 0.0844 e. The summed E-state index contributed by atoms with van der Waals surface area (Å²) in [6.45, 7) is 4.64. The predicted molar refractivity (Wildman–Crippen MR) is 168 cm³/mol. The Morgan fingerprint density at radius 1 is 0.432 bits per heavy atom. The standard InChI is InChI=1S/C32H27Cl3Si2/c1-36(24-15-7-3-8-16-24,25-17-9-4-10-18-25)29-23-28(33)32(31(35)30(29)34)37(2,26-19-11-5-12-20-26)27-21-13-6-14-22-27/h3-23H,1-2H3. The van der Waals surface area contributed by atoms with Gasteiger partial charge >= 0.3 is 0 Å². The molecule has 0 heterocycles. The van der Waals surface area contributed by atoms with E-state index in [0.717, 1.165) is 10.4 Å². The van der Waals surface area contributed by atoms with Crippen LogP contribution in [-0.4, -0.2) is 16.1 Å². The Hall–Kier alpha value is -2.60. The van der Waals surface area contributed by atoms with Crippen LogP contribution in [0.4, 0.5) is 0 Å².